The van der Waals surface area contributed by atoms with Crippen LogP contribution in [0, 0.1) is 5.92 Å². The van der Waals surface area contributed by atoms with Crippen molar-refractivity contribution in [1.82, 2.24) is 4.90 Å². The van der Waals surface area contributed by atoms with Crippen LogP contribution in [-0.4, -0.2) is 29.2 Å². The Bertz CT molecular complexity index is 569. The monoisotopic (exact) mass is 309 g/mol. The lowest BCUT2D eigenvalue weighted by molar-refractivity contribution is 0.0146. The molecule has 2 aromatic carbocycles. The van der Waals surface area contributed by atoms with Crippen LogP contribution in [0.2, 0.25) is 0 Å². The Morgan fingerprint density at radius 3 is 2.22 bits per heavy atom. The number of hydrogen-bond acceptors (Lipinski definition) is 2. The molecule has 1 heterocycles. The van der Waals surface area contributed by atoms with E-state index >= 15 is 0 Å². The minimum absolute atomic E-state index is 0.178. The molecule has 2 heteroatoms. The molecule has 1 N–H and O–H groups in total. The first kappa shape index (κ1) is 16.2. The number of hydrogen-bond donors (Lipinski definition) is 1. The third-order valence-electron chi connectivity index (χ3n) is 4.94. The van der Waals surface area contributed by atoms with E-state index in [1.165, 1.54) is 17.5 Å². The molecule has 0 bridgehead atoms. The average molecular weight is 309 g/mol. The van der Waals surface area contributed by atoms with Crippen LogP contribution in [0.25, 0.3) is 0 Å². The van der Waals surface area contributed by atoms with Crippen LogP contribution in [0.1, 0.15) is 30.4 Å². The van der Waals surface area contributed by atoms with Crippen molar-refractivity contribution in [3.05, 3.63) is 71.8 Å². The van der Waals surface area contributed by atoms with E-state index in [4.69, 9.17) is 0 Å². The summed E-state index contributed by atoms with van der Waals surface area (Å²) in [5.74, 6) is 0.464. The fraction of sp³-hybridized carbons (Fsp3) is 0.429. The van der Waals surface area contributed by atoms with E-state index in [1.807, 2.05) is 0 Å². The van der Waals surface area contributed by atoms with Gasteiger partial charge in [-0.05, 0) is 49.3 Å². The molecule has 1 aliphatic rings. The van der Waals surface area contributed by atoms with Gasteiger partial charge in [0.25, 0.3) is 0 Å². The molecule has 1 saturated heterocycles. The molecule has 1 aliphatic heterocycles. The van der Waals surface area contributed by atoms with Gasteiger partial charge in [0.05, 0.1) is 6.10 Å². The summed E-state index contributed by atoms with van der Waals surface area (Å²) in [5, 5.41) is 10.5. The minimum Gasteiger partial charge on any atom is -0.392 e. The summed E-state index contributed by atoms with van der Waals surface area (Å²) in [6, 6.07) is 21.2. The Kier molecular flexibility index (Phi) is 5.84. The number of benzene rings is 2. The first-order valence-corrected chi connectivity index (χ1v) is 8.79. The Labute approximate surface area is 139 Å². The highest BCUT2D eigenvalue weighted by atomic mass is 16.3. The van der Waals surface area contributed by atoms with Gasteiger partial charge in [-0.1, -0.05) is 60.7 Å². The number of aryl methyl sites for hydroxylation is 1. The maximum Gasteiger partial charge on any atom is 0.0695 e. The zero-order chi connectivity index (χ0) is 15.9. The van der Waals surface area contributed by atoms with Gasteiger partial charge < -0.3 is 5.11 Å². The summed E-state index contributed by atoms with van der Waals surface area (Å²) in [6.07, 6.45) is 4.36. The molecule has 2 unspecified atom stereocenters. The van der Waals surface area contributed by atoms with Gasteiger partial charge in [-0.15, -0.1) is 0 Å². The van der Waals surface area contributed by atoms with Crippen LogP contribution in [0.4, 0.5) is 0 Å². The second-order valence-electron chi connectivity index (χ2n) is 6.71. The lowest BCUT2D eigenvalue weighted by Gasteiger charge is -2.36. The van der Waals surface area contributed by atoms with Crippen LogP contribution in [0.5, 0.6) is 0 Å². The second kappa shape index (κ2) is 8.28. The highest BCUT2D eigenvalue weighted by Crippen LogP contribution is 2.24. The third-order valence-corrected chi connectivity index (χ3v) is 4.94. The number of β-amino-alcohol motifs (C(OH)–C–C–N with tert-alkyl or cyclic N) is 1. The molecule has 0 spiro atoms. The highest BCUT2D eigenvalue weighted by Gasteiger charge is 2.27. The largest absolute Gasteiger partial charge is 0.392 e. The Balaban J connectivity index is 1.42. The fourth-order valence-corrected chi connectivity index (χ4v) is 3.58. The number of aliphatic hydroxyl groups is 1. The normalized spacial score (nSPS) is 22.1. The van der Waals surface area contributed by atoms with Crippen molar-refractivity contribution in [3.63, 3.8) is 0 Å². The summed E-state index contributed by atoms with van der Waals surface area (Å²) in [5.41, 5.74) is 2.74. The van der Waals surface area contributed by atoms with Crippen molar-refractivity contribution in [1.29, 1.82) is 0 Å². The molecule has 2 nitrogen and oxygen atoms in total. The van der Waals surface area contributed by atoms with Crippen molar-refractivity contribution < 1.29 is 5.11 Å². The van der Waals surface area contributed by atoms with Crippen LogP contribution >= 0.6 is 0 Å². The molecule has 0 radical (unpaired) electrons. The minimum atomic E-state index is -0.178. The number of nitrogens with zero attached hydrogens (tertiary/aromatic N) is 1. The van der Waals surface area contributed by atoms with E-state index in [9.17, 15) is 5.11 Å². The predicted octanol–water partition coefficient (Wildman–Crippen LogP) is 3.89. The maximum atomic E-state index is 10.5. The van der Waals surface area contributed by atoms with Gasteiger partial charge in [-0.3, -0.25) is 4.90 Å². The smallest absolute Gasteiger partial charge is 0.0695 e. The number of aliphatic hydroxyl groups excluding tert-OH is 1. The molecule has 122 valence electrons. The topological polar surface area (TPSA) is 23.5 Å². The van der Waals surface area contributed by atoms with Gasteiger partial charge in [0.15, 0.2) is 0 Å². The fourth-order valence-electron chi connectivity index (χ4n) is 3.58. The predicted molar refractivity (Wildman–Crippen MR) is 95.2 cm³/mol. The van der Waals surface area contributed by atoms with E-state index in [1.54, 1.807) is 0 Å². The summed E-state index contributed by atoms with van der Waals surface area (Å²) in [4.78, 5) is 2.38. The van der Waals surface area contributed by atoms with Crippen molar-refractivity contribution in [2.75, 3.05) is 13.1 Å². The van der Waals surface area contributed by atoms with Crippen molar-refractivity contribution in [2.24, 2.45) is 5.92 Å². The highest BCUT2D eigenvalue weighted by molar-refractivity contribution is 5.15. The molecule has 0 amide bonds. The van der Waals surface area contributed by atoms with Crippen LogP contribution in [0.3, 0.4) is 0 Å². The average Bonchev–Trinajstić information content (AvgIpc) is 2.59. The quantitative estimate of drug-likeness (QED) is 0.875. The van der Waals surface area contributed by atoms with E-state index in [0.717, 1.165) is 38.9 Å². The Morgan fingerprint density at radius 2 is 1.57 bits per heavy atom. The summed E-state index contributed by atoms with van der Waals surface area (Å²) >= 11 is 0. The van der Waals surface area contributed by atoms with Crippen molar-refractivity contribution in [2.45, 2.75) is 38.3 Å². The van der Waals surface area contributed by atoms with Gasteiger partial charge in [0.2, 0.25) is 0 Å². The Morgan fingerprint density at radius 1 is 0.913 bits per heavy atom. The molecule has 0 saturated carbocycles. The number of rotatable bonds is 6. The molecule has 2 atom stereocenters. The first-order chi connectivity index (χ1) is 11.3. The van der Waals surface area contributed by atoms with E-state index in [-0.39, 0.29) is 6.10 Å². The molecule has 1 fully saturated rings. The summed E-state index contributed by atoms with van der Waals surface area (Å²) in [6.45, 7) is 2.86. The van der Waals surface area contributed by atoms with Crippen molar-refractivity contribution >= 4 is 0 Å². The van der Waals surface area contributed by atoms with Gasteiger partial charge in [0, 0.05) is 13.1 Å². The first-order valence-electron chi connectivity index (χ1n) is 8.79. The number of likely N-dealkylation sites (tertiary alicyclic amines) is 1. The lowest BCUT2D eigenvalue weighted by atomic mass is 9.88. The molecule has 23 heavy (non-hydrogen) atoms. The molecule has 0 aliphatic carbocycles. The molecular formula is C21H27NO. The number of piperidine rings is 1. The van der Waals surface area contributed by atoms with Crippen LogP contribution in [-0.2, 0) is 13.0 Å². The SMILES string of the molecule is OC1CN(Cc2ccccc2)CCC1CCCc1ccccc1. The lowest BCUT2D eigenvalue weighted by Crippen LogP contribution is -2.43. The van der Waals surface area contributed by atoms with Crippen LogP contribution in [0.15, 0.2) is 60.7 Å². The zero-order valence-electron chi connectivity index (χ0n) is 13.8. The van der Waals surface area contributed by atoms with Gasteiger partial charge >= 0.3 is 0 Å². The van der Waals surface area contributed by atoms with Crippen LogP contribution < -0.4 is 0 Å². The summed E-state index contributed by atoms with van der Waals surface area (Å²) in [7, 11) is 0. The van der Waals surface area contributed by atoms with Gasteiger partial charge in [0.1, 0.15) is 0 Å². The summed E-state index contributed by atoms with van der Waals surface area (Å²) < 4.78 is 0. The van der Waals surface area contributed by atoms with E-state index < -0.39 is 0 Å². The molecule has 3 rings (SSSR count). The molecule has 2 aromatic rings. The van der Waals surface area contributed by atoms with E-state index in [2.05, 4.69) is 65.6 Å². The maximum absolute atomic E-state index is 10.5. The van der Waals surface area contributed by atoms with E-state index in [0.29, 0.717) is 5.92 Å². The standard InChI is InChI=1S/C21H27NO/c23-21-17-22(16-19-10-5-2-6-11-19)15-14-20(21)13-7-12-18-8-3-1-4-9-18/h1-6,8-11,20-21,23H,7,12-17H2. The molecule has 0 aromatic heterocycles. The zero-order valence-corrected chi connectivity index (χ0v) is 13.8. The van der Waals surface area contributed by atoms with Crippen molar-refractivity contribution in [3.8, 4) is 0 Å². The second-order valence-corrected chi connectivity index (χ2v) is 6.71. The Hall–Kier alpha value is -1.64. The molecular weight excluding hydrogens is 282 g/mol. The third kappa shape index (κ3) is 4.92. The van der Waals surface area contributed by atoms with Gasteiger partial charge in [-0.25, -0.2) is 0 Å². The van der Waals surface area contributed by atoms with Gasteiger partial charge in [-0.2, -0.15) is 0 Å².